The molecular formula is C67H77BBrF6N3O16P3Pd+. The van der Waals surface area contributed by atoms with E-state index in [2.05, 4.69) is 151 Å². The number of halogens is 7. The predicted molar refractivity (Wildman–Crippen MR) is 362 cm³/mol. The Balaban J connectivity index is 0. The van der Waals surface area contributed by atoms with Gasteiger partial charge in [0.2, 0.25) is 0 Å². The van der Waals surface area contributed by atoms with Crippen molar-refractivity contribution in [2.45, 2.75) is 119 Å². The normalized spacial score (nSPS) is 10.5. The number of carboxylic acids is 2. The Morgan fingerprint density at radius 2 is 0.969 bits per heavy atom. The zero-order chi connectivity index (χ0) is 71.7. The van der Waals surface area contributed by atoms with Crippen LogP contribution in [-0.2, 0) is 68.5 Å². The van der Waals surface area contributed by atoms with E-state index in [4.69, 9.17) is 55.1 Å². The van der Waals surface area contributed by atoms with E-state index < -0.39 is 76.5 Å². The van der Waals surface area contributed by atoms with E-state index in [1.165, 1.54) is 110 Å². The van der Waals surface area contributed by atoms with E-state index in [9.17, 15) is 35.4 Å². The first-order chi connectivity index (χ1) is 45.9. The third-order valence-electron chi connectivity index (χ3n) is 12.1. The molecule has 7 aromatic rings. The molecule has 0 radical (unpaired) electrons. The van der Waals surface area contributed by atoms with E-state index in [1.807, 2.05) is 0 Å². The Hall–Kier alpha value is -7.38. The van der Waals surface area contributed by atoms with Crippen LogP contribution in [0.3, 0.4) is 0 Å². The van der Waals surface area contributed by atoms with Gasteiger partial charge in [0.1, 0.15) is 58.0 Å². The molecule has 2 unspecified atom stereocenters. The van der Waals surface area contributed by atoms with Crippen molar-refractivity contribution in [1.82, 2.24) is 0 Å². The molecule has 0 aliphatic rings. The van der Waals surface area contributed by atoms with Gasteiger partial charge in [-0.2, -0.15) is 10.5 Å². The maximum Gasteiger partial charge on any atom is 0.675 e. The first-order valence-corrected chi connectivity index (χ1v) is 34.9. The van der Waals surface area contributed by atoms with Gasteiger partial charge in [0, 0.05) is 48.9 Å². The molecule has 31 heteroatoms. The van der Waals surface area contributed by atoms with E-state index in [0.717, 1.165) is 63.2 Å². The van der Waals surface area contributed by atoms with Crippen molar-refractivity contribution >= 4 is 79.4 Å². The smallest absolute Gasteiger partial charge is 0.494 e. The van der Waals surface area contributed by atoms with Crippen molar-refractivity contribution in [3.8, 4) is 41.0 Å². The van der Waals surface area contributed by atoms with Crippen molar-refractivity contribution < 1.29 is 125 Å². The van der Waals surface area contributed by atoms with E-state index in [-0.39, 0.29) is 32.3 Å². The molecule has 7 rings (SSSR count). The summed E-state index contributed by atoms with van der Waals surface area (Å²) < 4.78 is 115. The summed E-state index contributed by atoms with van der Waals surface area (Å²) in [7, 11) is -11.1. The fourth-order valence-electron chi connectivity index (χ4n) is 7.70. The Morgan fingerprint density at radius 3 is 1.35 bits per heavy atom. The molecule has 19 nitrogen and oxygen atoms in total. The zero-order valence-corrected chi connectivity index (χ0v) is 59.1. The molecule has 0 fully saturated rings. The third kappa shape index (κ3) is 39.9. The Morgan fingerprint density at radius 1 is 0.592 bits per heavy atom. The van der Waals surface area contributed by atoms with Crippen LogP contribution in [-0.4, -0.2) is 52.5 Å². The van der Waals surface area contributed by atoms with Crippen LogP contribution in [0.15, 0.2) is 162 Å². The third-order valence-corrected chi connectivity index (χ3v) is 17.6. The first-order valence-electron chi connectivity index (χ1n) is 29.3. The quantitative estimate of drug-likeness (QED) is 0.00674. The summed E-state index contributed by atoms with van der Waals surface area (Å²) in [5, 5.41) is 70.1. The summed E-state index contributed by atoms with van der Waals surface area (Å²) in [6.45, 7) is 10.2. The molecule has 0 saturated heterocycles. The summed E-state index contributed by atoms with van der Waals surface area (Å²) in [5.74, 6) is -3.53. The number of unbranched alkanes of at least 4 members (excludes halogenated alkanes) is 10. The number of carboxylic acid groups (broad SMARTS) is 2. The number of aliphatic carboxylic acids is 2. The number of nitrogens with zero attached hydrogens (tertiary/aromatic N) is 3. The van der Waals surface area contributed by atoms with Crippen LogP contribution in [0.4, 0.5) is 26.3 Å². The second-order valence-electron chi connectivity index (χ2n) is 19.5. The number of benzene rings is 7. The number of nitriles is 3. The second-order valence-corrected chi connectivity index (χ2v) is 26.7. The van der Waals surface area contributed by atoms with Crippen LogP contribution in [0.1, 0.15) is 129 Å². The molecule has 4 N–H and O–H groups in total. The second kappa shape index (κ2) is 55.5. The maximum absolute atomic E-state index is 13.7. The average Bonchev–Trinajstić information content (AvgIpc) is 0.812. The Bertz CT molecular complexity index is 3470. The van der Waals surface area contributed by atoms with E-state index >= 15 is 0 Å². The molecule has 0 aliphatic carbocycles. The molecule has 0 saturated carbocycles. The van der Waals surface area contributed by atoms with Gasteiger partial charge < -0.3 is 29.7 Å². The average molecular weight is 1580 g/mol. The van der Waals surface area contributed by atoms with Crippen molar-refractivity contribution in [2.24, 2.45) is 0 Å². The number of ether oxygens (including phenoxy) is 2. The molecule has 0 bridgehead atoms. The fourth-order valence-corrected chi connectivity index (χ4v) is 11.4. The van der Waals surface area contributed by atoms with Crippen LogP contribution in [0.25, 0.3) is 11.1 Å². The standard InChI is InChI=1S/C21H23F2NO.C19H17P.C14H23BO3.C7H2BrF2N.2C2H4O2.CF2NO8P2.CH4.Pd/c1-2-3-4-5-6-7-12-25-18-10-8-16(9-11-18)17-13-20(22)19(15-24)21(23)14-17;1-16-10-8-9-15-19(16)20(17-11-4-2-5-12-17)18-13-6-3-7-14-18;1-2-3-4-5-6-7-12-18-14-10-8-13(9-11-14)15(16)17;8-4-1-6(9)5(3-11)7(10)2-4;2*1-2(3)4;2-8-10-12-14(6,13(3)5)11-9-7-1-4;;/h8-11,13-14H,2-7,12H2,1H3;2-15H,1H3;8-11,16-17H,2-7,12H2,1H3;1-2H;2*1H3,(H,3,4);;1H4;/q;;;;;;+1;;. The van der Waals surface area contributed by atoms with Crippen molar-refractivity contribution in [3.63, 3.8) is 0 Å². The topological polar surface area (TPSA) is 294 Å². The molecule has 0 aromatic heterocycles. The predicted octanol–water partition coefficient (Wildman–Crippen LogP) is 17.4. The van der Waals surface area contributed by atoms with Crippen molar-refractivity contribution in [1.29, 1.82) is 15.8 Å². The number of aryl methyl sites for hydroxylation is 1. The molecule has 0 spiro atoms. The van der Waals surface area contributed by atoms with Crippen molar-refractivity contribution in [2.75, 3.05) is 13.2 Å². The van der Waals surface area contributed by atoms with Gasteiger partial charge in [-0.15, -0.1) is 5.26 Å². The molecule has 0 heterocycles. The molecule has 0 amide bonds. The number of hydrogen-bond donors (Lipinski definition) is 4. The minimum atomic E-state index is -5.08. The number of carbonyl (C=O) groups is 2. The van der Waals surface area contributed by atoms with Crippen LogP contribution in [0.2, 0.25) is 0 Å². The van der Waals surface area contributed by atoms with Crippen LogP contribution >= 0.6 is 38.9 Å². The van der Waals surface area contributed by atoms with Gasteiger partial charge in [-0.25, -0.2) is 27.0 Å². The number of hydrogen-bond acceptors (Lipinski definition) is 17. The maximum atomic E-state index is 13.7. The summed E-state index contributed by atoms with van der Waals surface area (Å²) in [6.07, 6.45) is 15.6. The molecular weight excluding hydrogens is 1510 g/mol. The SMILES string of the molecule is C.CC(=O)O.CC(=O)O.CCCCCCCCOc1ccc(-c2cc(F)c(C#N)c(F)c2)cc1.CCCCCCCCOc1ccc(B(O)O)cc1.Cc1ccccc1P(c1ccccc1)c1ccccc1.N#COOOP(=O)(OOOF)[P+](=O)F.N#Cc1c(F)cc(Br)cc1F.[Pd]. The van der Waals surface area contributed by atoms with Crippen molar-refractivity contribution in [3.05, 3.63) is 202 Å². The molecule has 2 atom stereocenters. The van der Waals surface area contributed by atoms with Gasteiger partial charge in [-0.05, 0) is 128 Å². The van der Waals surface area contributed by atoms with Gasteiger partial charge in [0.25, 0.3) is 11.9 Å². The van der Waals surface area contributed by atoms with Crippen LogP contribution in [0, 0.1) is 64.4 Å². The molecule has 532 valence electrons. The van der Waals surface area contributed by atoms with Crippen LogP contribution < -0.4 is 30.9 Å². The first kappa shape index (κ1) is 92.7. The molecule has 98 heavy (non-hydrogen) atoms. The minimum Gasteiger partial charge on any atom is -0.494 e. The molecule has 0 aliphatic heterocycles. The fraction of sp³-hybridized carbons (Fsp3) is 0.299. The zero-order valence-electron chi connectivity index (χ0n) is 53.3. The largest absolute Gasteiger partial charge is 0.675 e. The van der Waals surface area contributed by atoms with Crippen LogP contribution in [0.5, 0.6) is 11.5 Å². The van der Waals surface area contributed by atoms with Gasteiger partial charge in [0.15, 0.2) is 0 Å². The van der Waals surface area contributed by atoms with Gasteiger partial charge >= 0.3 is 28.5 Å². The summed E-state index contributed by atoms with van der Waals surface area (Å²) in [5.41, 5.74) is 1.83. The van der Waals surface area contributed by atoms with Gasteiger partial charge in [-0.1, -0.05) is 220 Å². The Kier molecular flexibility index (Phi) is 52.5. The van der Waals surface area contributed by atoms with E-state index in [0.29, 0.717) is 23.2 Å². The van der Waals surface area contributed by atoms with Gasteiger partial charge in [0.05, 0.1) is 17.4 Å². The summed E-state index contributed by atoms with van der Waals surface area (Å²) >= 11 is 2.89. The number of rotatable bonds is 28. The summed E-state index contributed by atoms with van der Waals surface area (Å²) in [6, 6.07) is 51.7. The Labute approximate surface area is 591 Å². The minimum absolute atomic E-state index is 0. The molecule has 7 aromatic carbocycles. The van der Waals surface area contributed by atoms with E-state index in [1.54, 1.807) is 48.5 Å². The van der Waals surface area contributed by atoms with Gasteiger partial charge in [-0.3, -0.25) is 9.59 Å². The monoisotopic (exact) mass is 1580 g/mol. The summed E-state index contributed by atoms with van der Waals surface area (Å²) in [4.78, 5) is 21.3.